The molecule has 0 aromatic carbocycles. The fourth-order valence-electron chi connectivity index (χ4n) is 0.476. The first-order valence-corrected chi connectivity index (χ1v) is 3.24. The molecule has 1 aromatic rings. The van der Waals surface area contributed by atoms with E-state index in [0.29, 0.717) is 5.69 Å². The van der Waals surface area contributed by atoms with Gasteiger partial charge in [-0.3, -0.25) is 0 Å². The SMILES string of the molecule is O=P#Cc1ccccn1. The summed E-state index contributed by atoms with van der Waals surface area (Å²) < 4.78 is 9.92. The number of rotatable bonds is 0. The number of hydrogen-bond donors (Lipinski definition) is 0. The molecule has 0 aliphatic rings. The summed E-state index contributed by atoms with van der Waals surface area (Å²) in [7, 11) is -0.118. The Labute approximate surface area is 54.1 Å². The first-order valence-electron chi connectivity index (χ1n) is 2.43. The molecular weight excluding hydrogens is 133 g/mol. The summed E-state index contributed by atoms with van der Waals surface area (Å²) in [6, 6.07) is 5.36. The molecule has 9 heavy (non-hydrogen) atoms. The van der Waals surface area contributed by atoms with Gasteiger partial charge in [0.15, 0.2) is 0 Å². The minimum absolute atomic E-state index is 0.118. The molecule has 0 fully saturated rings. The van der Waals surface area contributed by atoms with Crippen molar-refractivity contribution in [1.82, 2.24) is 4.98 Å². The van der Waals surface area contributed by atoms with Gasteiger partial charge in [0.25, 0.3) is 0 Å². The van der Waals surface area contributed by atoms with E-state index in [0.717, 1.165) is 0 Å². The average molecular weight is 137 g/mol. The Morgan fingerprint density at radius 3 is 3.00 bits per heavy atom. The molecule has 0 N–H and O–H groups in total. The van der Waals surface area contributed by atoms with Gasteiger partial charge in [0.2, 0.25) is 0 Å². The van der Waals surface area contributed by atoms with Crippen molar-refractivity contribution in [2.45, 2.75) is 0 Å². The van der Waals surface area contributed by atoms with Crippen LogP contribution in [0.25, 0.3) is 0 Å². The Hall–Kier alpha value is -0.840. The van der Waals surface area contributed by atoms with Gasteiger partial charge in [-0.1, -0.05) is 0 Å². The van der Waals surface area contributed by atoms with Crippen LogP contribution < -0.4 is 0 Å². The second kappa shape index (κ2) is 3.24. The predicted molar refractivity (Wildman–Crippen MR) is 34.8 cm³/mol. The molecule has 0 atom stereocenters. The zero-order valence-corrected chi connectivity index (χ0v) is 5.51. The molecule has 0 saturated heterocycles. The van der Waals surface area contributed by atoms with Crippen LogP contribution in [0.4, 0.5) is 0 Å². The Morgan fingerprint density at radius 1 is 1.56 bits per heavy atom. The van der Waals surface area contributed by atoms with Crippen molar-refractivity contribution >= 4 is 7.92 Å². The zero-order valence-electron chi connectivity index (χ0n) is 4.61. The molecule has 0 saturated carbocycles. The molecule has 0 radical (unpaired) electrons. The number of pyridine rings is 1. The van der Waals surface area contributed by atoms with Gasteiger partial charge < -0.3 is 0 Å². The molecule has 1 heterocycles. The molecule has 1 rings (SSSR count). The molecular formula is C6H4NOP. The standard InChI is InChI=1S/C6H4NOP/c8-9-5-6-3-1-2-4-7-6/h1-4H. The maximum atomic E-state index is 9.92. The van der Waals surface area contributed by atoms with Crippen molar-refractivity contribution in [3.8, 4) is 5.63 Å². The third kappa shape index (κ3) is 1.85. The Morgan fingerprint density at radius 2 is 2.44 bits per heavy atom. The van der Waals surface area contributed by atoms with Crippen LogP contribution in [0, 0.1) is 5.63 Å². The van der Waals surface area contributed by atoms with Gasteiger partial charge >= 0.3 is 53.2 Å². The Balaban J connectivity index is 3.07. The van der Waals surface area contributed by atoms with Crippen LogP contribution in [0.15, 0.2) is 24.4 Å². The van der Waals surface area contributed by atoms with Gasteiger partial charge in [-0.15, -0.1) is 0 Å². The molecule has 2 nitrogen and oxygen atoms in total. The average Bonchev–Trinajstić information content (AvgIpc) is 1.91. The van der Waals surface area contributed by atoms with E-state index in [1.165, 1.54) is 0 Å². The Bertz CT molecular complexity index is 276. The van der Waals surface area contributed by atoms with E-state index >= 15 is 0 Å². The van der Waals surface area contributed by atoms with Crippen LogP contribution in [0.3, 0.4) is 0 Å². The fraction of sp³-hybridized carbons (Fsp3) is 0. The van der Waals surface area contributed by atoms with Crippen molar-refractivity contribution in [2.75, 3.05) is 0 Å². The number of hydrogen-bond acceptors (Lipinski definition) is 2. The molecule has 1 aromatic heterocycles. The normalized spacial score (nSPS) is 8.00. The summed E-state index contributed by atoms with van der Waals surface area (Å²) in [4.78, 5) is 3.85. The third-order valence-electron chi connectivity index (χ3n) is 0.825. The fourth-order valence-corrected chi connectivity index (χ4v) is 0.701. The van der Waals surface area contributed by atoms with E-state index in [1.54, 1.807) is 18.3 Å². The van der Waals surface area contributed by atoms with E-state index in [-0.39, 0.29) is 7.92 Å². The van der Waals surface area contributed by atoms with Crippen molar-refractivity contribution in [3.05, 3.63) is 30.1 Å². The summed E-state index contributed by atoms with van der Waals surface area (Å²) in [6.07, 6.45) is 1.63. The Kier molecular flexibility index (Phi) is 2.26. The number of nitrogens with zero attached hydrogens (tertiary/aromatic N) is 1. The van der Waals surface area contributed by atoms with E-state index in [4.69, 9.17) is 0 Å². The van der Waals surface area contributed by atoms with Crippen LogP contribution >= 0.6 is 7.92 Å². The van der Waals surface area contributed by atoms with Crippen LogP contribution in [-0.4, -0.2) is 4.98 Å². The predicted octanol–water partition coefficient (Wildman–Crippen LogP) is 1.68. The van der Waals surface area contributed by atoms with Crippen LogP contribution in [0.1, 0.15) is 5.69 Å². The van der Waals surface area contributed by atoms with E-state index in [9.17, 15) is 4.57 Å². The first-order chi connectivity index (χ1) is 4.43. The molecule has 0 aliphatic heterocycles. The van der Waals surface area contributed by atoms with E-state index < -0.39 is 0 Å². The molecule has 0 amide bonds. The molecule has 3 heteroatoms. The molecule has 0 unspecified atom stereocenters. The van der Waals surface area contributed by atoms with Gasteiger partial charge in [-0.2, -0.15) is 0 Å². The third-order valence-corrected chi connectivity index (χ3v) is 1.15. The summed E-state index contributed by atoms with van der Waals surface area (Å²) >= 11 is 0. The molecule has 0 bridgehead atoms. The van der Waals surface area contributed by atoms with Crippen LogP contribution in [-0.2, 0) is 4.57 Å². The topological polar surface area (TPSA) is 30.0 Å². The molecule has 0 aliphatic carbocycles. The van der Waals surface area contributed by atoms with E-state index in [1.807, 2.05) is 6.07 Å². The minimum atomic E-state index is -0.118. The summed E-state index contributed by atoms with van der Waals surface area (Å²) in [5, 5.41) is 0. The van der Waals surface area contributed by atoms with E-state index in [2.05, 4.69) is 10.6 Å². The molecule has 44 valence electrons. The maximum absolute atomic E-state index is 9.92. The zero-order chi connectivity index (χ0) is 6.53. The van der Waals surface area contributed by atoms with Crippen molar-refractivity contribution < 1.29 is 4.57 Å². The van der Waals surface area contributed by atoms with Gasteiger partial charge in [0.05, 0.1) is 0 Å². The van der Waals surface area contributed by atoms with Crippen molar-refractivity contribution in [2.24, 2.45) is 0 Å². The van der Waals surface area contributed by atoms with Gasteiger partial charge in [0.1, 0.15) is 0 Å². The van der Waals surface area contributed by atoms with Crippen molar-refractivity contribution in [1.29, 1.82) is 0 Å². The molecule has 0 spiro atoms. The monoisotopic (exact) mass is 137 g/mol. The second-order valence-corrected chi connectivity index (χ2v) is 1.82. The summed E-state index contributed by atoms with van der Waals surface area (Å²) in [6.45, 7) is 0. The summed E-state index contributed by atoms with van der Waals surface area (Å²) in [5.41, 5.74) is 3.13. The quantitative estimate of drug-likeness (QED) is 0.509. The second-order valence-electron chi connectivity index (χ2n) is 1.42. The number of aromatic nitrogens is 1. The van der Waals surface area contributed by atoms with Crippen LogP contribution in [0.2, 0.25) is 0 Å². The van der Waals surface area contributed by atoms with Crippen LogP contribution in [0.5, 0.6) is 0 Å². The van der Waals surface area contributed by atoms with Gasteiger partial charge in [-0.05, 0) is 0 Å². The first kappa shape index (κ1) is 6.28. The van der Waals surface area contributed by atoms with Gasteiger partial charge in [-0.25, -0.2) is 0 Å². The summed E-state index contributed by atoms with van der Waals surface area (Å²) in [5.74, 6) is 0. The van der Waals surface area contributed by atoms with Gasteiger partial charge in [0, 0.05) is 0 Å². The van der Waals surface area contributed by atoms with Crippen molar-refractivity contribution in [3.63, 3.8) is 0 Å².